The van der Waals surface area contributed by atoms with Gasteiger partial charge in [-0.2, -0.15) is 0 Å². The average molecular weight is 186 g/mol. The Hall–Kier alpha value is -0.660. The van der Waals surface area contributed by atoms with Crippen molar-refractivity contribution in [3.63, 3.8) is 0 Å². The molecule has 0 aliphatic carbocycles. The molecule has 0 radical (unpaired) electrons. The van der Waals surface area contributed by atoms with E-state index in [1.807, 2.05) is 41.5 Å². The van der Waals surface area contributed by atoms with Gasteiger partial charge in [0.05, 0.1) is 0 Å². The topological polar surface area (TPSA) is 34.1 Å². The van der Waals surface area contributed by atoms with Crippen molar-refractivity contribution in [2.75, 3.05) is 0 Å². The number of hydrogen-bond donors (Lipinski definition) is 0. The average Bonchev–Trinajstić information content (AvgIpc) is 1.84. The Morgan fingerprint density at radius 1 is 0.923 bits per heavy atom. The third kappa shape index (κ3) is 24.6. The third-order valence-corrected chi connectivity index (χ3v) is 1.05. The molecule has 13 heavy (non-hydrogen) atoms. The molecule has 2 heteroatoms. The van der Waals surface area contributed by atoms with Crippen LogP contribution in [0.25, 0.3) is 0 Å². The Bertz CT molecular complexity index is 146. The number of aldehydes is 2. The molecule has 0 atom stereocenters. The second-order valence-corrected chi connectivity index (χ2v) is 5.42. The van der Waals surface area contributed by atoms with Crippen LogP contribution in [-0.2, 0) is 9.59 Å². The van der Waals surface area contributed by atoms with Gasteiger partial charge in [-0.1, -0.05) is 41.5 Å². The minimum absolute atomic E-state index is 0.139. The minimum Gasteiger partial charge on any atom is -0.303 e. The highest BCUT2D eigenvalue weighted by atomic mass is 16.1. The molecule has 0 saturated heterocycles. The number of rotatable bonds is 1. The van der Waals surface area contributed by atoms with Crippen LogP contribution in [0.1, 0.15) is 48.0 Å². The first-order chi connectivity index (χ1) is 5.62. The van der Waals surface area contributed by atoms with Gasteiger partial charge in [-0.25, -0.2) is 0 Å². The minimum atomic E-state index is -0.139. The second kappa shape index (κ2) is 5.90. The highest BCUT2D eigenvalue weighted by Gasteiger charge is 2.06. The summed E-state index contributed by atoms with van der Waals surface area (Å²) in [7, 11) is 0. The first kappa shape index (κ1) is 14.8. The van der Waals surface area contributed by atoms with E-state index >= 15 is 0 Å². The first-order valence-corrected chi connectivity index (χ1v) is 4.52. The quantitative estimate of drug-likeness (QED) is 0.590. The molecule has 0 aromatic heterocycles. The van der Waals surface area contributed by atoms with Crippen LogP contribution in [0, 0.1) is 10.8 Å². The summed E-state index contributed by atoms with van der Waals surface area (Å²) in [6.45, 7) is 11.8. The van der Waals surface area contributed by atoms with E-state index in [-0.39, 0.29) is 10.8 Å². The smallest absolute Gasteiger partial charge is 0.125 e. The molecule has 0 bridgehead atoms. The zero-order valence-corrected chi connectivity index (χ0v) is 9.68. The van der Waals surface area contributed by atoms with Crippen LogP contribution in [0.2, 0.25) is 0 Å². The van der Waals surface area contributed by atoms with Gasteiger partial charge in [0.25, 0.3) is 0 Å². The number of carbonyl (C=O) groups is 2. The molecule has 0 aliphatic rings. The van der Waals surface area contributed by atoms with Crippen molar-refractivity contribution in [2.45, 2.75) is 48.0 Å². The lowest BCUT2D eigenvalue weighted by Crippen LogP contribution is -2.04. The molecule has 0 rings (SSSR count). The Morgan fingerprint density at radius 3 is 1.23 bits per heavy atom. The van der Waals surface area contributed by atoms with Gasteiger partial charge in [-0.15, -0.1) is 0 Å². The summed E-state index contributed by atoms with van der Waals surface area (Å²) >= 11 is 0. The van der Waals surface area contributed by atoms with Gasteiger partial charge >= 0.3 is 0 Å². The maximum atomic E-state index is 9.83. The van der Waals surface area contributed by atoms with E-state index < -0.39 is 0 Å². The van der Waals surface area contributed by atoms with Crippen LogP contribution in [0.3, 0.4) is 0 Å². The van der Waals surface area contributed by atoms with E-state index in [0.29, 0.717) is 6.42 Å². The van der Waals surface area contributed by atoms with Crippen molar-refractivity contribution in [3.8, 4) is 0 Å². The van der Waals surface area contributed by atoms with E-state index in [9.17, 15) is 9.59 Å². The summed E-state index contributed by atoms with van der Waals surface area (Å²) < 4.78 is 0. The highest BCUT2D eigenvalue weighted by molar-refractivity contribution is 5.56. The van der Waals surface area contributed by atoms with Crippen LogP contribution in [0.15, 0.2) is 0 Å². The van der Waals surface area contributed by atoms with Gasteiger partial charge in [0.2, 0.25) is 0 Å². The van der Waals surface area contributed by atoms with E-state index in [4.69, 9.17) is 0 Å². The Kier molecular flexibility index (Phi) is 6.73. The molecule has 0 spiro atoms. The van der Waals surface area contributed by atoms with Gasteiger partial charge in [0.1, 0.15) is 12.6 Å². The van der Waals surface area contributed by atoms with E-state index in [0.717, 1.165) is 12.6 Å². The lowest BCUT2D eigenvalue weighted by molar-refractivity contribution is -0.114. The Balaban J connectivity index is 0. The molecule has 2 nitrogen and oxygen atoms in total. The molecular weight excluding hydrogens is 164 g/mol. The number of hydrogen-bond acceptors (Lipinski definition) is 2. The van der Waals surface area contributed by atoms with E-state index in [2.05, 4.69) is 0 Å². The van der Waals surface area contributed by atoms with Crippen molar-refractivity contribution >= 4 is 12.6 Å². The van der Waals surface area contributed by atoms with Crippen LogP contribution >= 0.6 is 0 Å². The maximum Gasteiger partial charge on any atom is 0.125 e. The molecule has 78 valence electrons. The maximum absolute atomic E-state index is 9.83. The molecule has 0 saturated carbocycles. The first-order valence-electron chi connectivity index (χ1n) is 4.52. The molecule has 0 aromatic rings. The van der Waals surface area contributed by atoms with Crippen molar-refractivity contribution in [1.82, 2.24) is 0 Å². The fourth-order valence-electron chi connectivity index (χ4n) is 0.250. The fraction of sp³-hybridized carbons (Fsp3) is 0.818. The summed E-state index contributed by atoms with van der Waals surface area (Å²) in [5, 5.41) is 0. The van der Waals surface area contributed by atoms with Gasteiger partial charge in [-0.05, 0) is 5.41 Å². The molecule has 0 aromatic carbocycles. The predicted octanol–water partition coefficient (Wildman–Crippen LogP) is 2.85. The van der Waals surface area contributed by atoms with Gasteiger partial charge in [-0.3, -0.25) is 0 Å². The summed E-state index contributed by atoms with van der Waals surface area (Å²) in [6.07, 6.45) is 2.56. The van der Waals surface area contributed by atoms with Crippen LogP contribution in [0.5, 0.6) is 0 Å². The van der Waals surface area contributed by atoms with Gasteiger partial charge < -0.3 is 9.59 Å². The van der Waals surface area contributed by atoms with Crippen molar-refractivity contribution in [1.29, 1.82) is 0 Å². The summed E-state index contributed by atoms with van der Waals surface area (Å²) in [5.74, 6) is 0. The molecule has 0 heterocycles. The van der Waals surface area contributed by atoms with E-state index in [1.165, 1.54) is 0 Å². The molecular formula is C11H22O2. The van der Waals surface area contributed by atoms with Gasteiger partial charge in [0, 0.05) is 11.8 Å². The predicted molar refractivity (Wildman–Crippen MR) is 55.7 cm³/mol. The highest BCUT2D eigenvalue weighted by Crippen LogP contribution is 2.15. The van der Waals surface area contributed by atoms with Crippen LogP contribution < -0.4 is 0 Å². The largest absolute Gasteiger partial charge is 0.303 e. The van der Waals surface area contributed by atoms with Crippen molar-refractivity contribution in [3.05, 3.63) is 0 Å². The SMILES string of the molecule is CC(C)(C)C=O.CC(C)(C)CC=O. The third-order valence-electron chi connectivity index (χ3n) is 1.05. The molecule has 0 fully saturated rings. The molecule has 0 N–H and O–H groups in total. The van der Waals surface area contributed by atoms with Crippen molar-refractivity contribution < 1.29 is 9.59 Å². The molecule has 0 unspecified atom stereocenters. The monoisotopic (exact) mass is 186 g/mol. The summed E-state index contributed by atoms with van der Waals surface area (Å²) in [4.78, 5) is 19.6. The van der Waals surface area contributed by atoms with Gasteiger partial charge in [0.15, 0.2) is 0 Å². The Labute approximate surface area is 81.7 Å². The normalized spacial score (nSPS) is 11.2. The van der Waals surface area contributed by atoms with Crippen LogP contribution in [-0.4, -0.2) is 12.6 Å². The molecule has 0 aliphatic heterocycles. The lowest BCUT2D eigenvalue weighted by Gasteiger charge is -2.11. The lowest BCUT2D eigenvalue weighted by atomic mass is 9.93. The molecule has 0 amide bonds. The van der Waals surface area contributed by atoms with E-state index in [1.54, 1.807) is 0 Å². The standard InChI is InChI=1S/C6H12O.C5H10O/c1-6(2,3)4-5-7;1-5(2,3)4-6/h5H,4H2,1-3H3;4H,1-3H3. The fourth-order valence-corrected chi connectivity index (χ4v) is 0.250. The zero-order valence-electron chi connectivity index (χ0n) is 9.68. The second-order valence-electron chi connectivity index (χ2n) is 5.42. The Morgan fingerprint density at radius 2 is 1.23 bits per heavy atom. The summed E-state index contributed by atoms with van der Waals surface area (Å²) in [6, 6.07) is 0. The number of carbonyl (C=O) groups excluding carboxylic acids is 2. The van der Waals surface area contributed by atoms with Crippen LogP contribution in [0.4, 0.5) is 0 Å². The zero-order chi connectivity index (χ0) is 11.1. The van der Waals surface area contributed by atoms with Crippen molar-refractivity contribution in [2.24, 2.45) is 10.8 Å². The summed E-state index contributed by atoms with van der Waals surface area (Å²) in [5.41, 5.74) is 0.0434.